The van der Waals surface area contributed by atoms with Gasteiger partial charge in [-0.3, -0.25) is 19.7 Å². The van der Waals surface area contributed by atoms with Crippen LogP contribution in [0.1, 0.15) is 37.6 Å². The van der Waals surface area contributed by atoms with Gasteiger partial charge in [0.25, 0.3) is 11.5 Å². The number of anilines is 1. The van der Waals surface area contributed by atoms with Crippen molar-refractivity contribution in [2.45, 2.75) is 26.2 Å². The molecule has 10 nitrogen and oxygen atoms in total. The number of carbonyl (C=O) groups excluding carboxylic acids is 1. The Bertz CT molecular complexity index is 1690. The lowest BCUT2D eigenvalue weighted by molar-refractivity contribution is -0.385. The van der Waals surface area contributed by atoms with Crippen molar-refractivity contribution in [1.82, 2.24) is 9.66 Å². The highest BCUT2D eigenvalue weighted by Gasteiger charge is 2.22. The molecule has 0 aliphatic heterocycles. The number of carbonyl (C=O) groups is 1. The number of hydrogen-bond donors (Lipinski definition) is 1. The first-order chi connectivity index (χ1) is 19.1. The predicted molar refractivity (Wildman–Crippen MR) is 162 cm³/mol. The Kier molecular flexibility index (Phi) is 9.33. The Morgan fingerprint density at radius 3 is 2.62 bits per heavy atom. The van der Waals surface area contributed by atoms with E-state index in [4.69, 9.17) is 16.3 Å². The average Bonchev–Trinajstić information content (AvgIpc) is 2.92. The van der Waals surface area contributed by atoms with Crippen LogP contribution in [0.5, 0.6) is 5.75 Å². The molecule has 0 unspecified atom stereocenters. The molecule has 0 radical (unpaired) electrons. The molecule has 40 heavy (non-hydrogen) atoms. The second kappa shape index (κ2) is 12.7. The number of ether oxygens (including phenoxy) is 1. The smallest absolute Gasteiger partial charge is 0.312 e. The molecule has 1 atom stereocenters. The average molecular weight is 692 g/mol. The van der Waals surface area contributed by atoms with Crippen LogP contribution in [0, 0.1) is 10.1 Å². The van der Waals surface area contributed by atoms with E-state index < -0.39 is 17.4 Å². The fourth-order valence-electron chi connectivity index (χ4n) is 3.72. The second-order valence-electron chi connectivity index (χ2n) is 8.75. The summed E-state index contributed by atoms with van der Waals surface area (Å²) in [4.78, 5) is 41.6. The molecular formula is C27H22Br2ClN5O5. The Labute approximate surface area is 250 Å². The lowest BCUT2D eigenvalue weighted by Crippen LogP contribution is -2.23. The van der Waals surface area contributed by atoms with Crippen molar-refractivity contribution in [1.29, 1.82) is 0 Å². The first-order valence-corrected chi connectivity index (χ1v) is 14.0. The summed E-state index contributed by atoms with van der Waals surface area (Å²) >= 11 is 12.5. The minimum atomic E-state index is -0.625. The number of nitrogens with one attached hydrogen (secondary N) is 1. The van der Waals surface area contributed by atoms with E-state index in [1.165, 1.54) is 17.0 Å². The van der Waals surface area contributed by atoms with E-state index in [1.807, 2.05) is 19.9 Å². The molecule has 0 aliphatic rings. The molecule has 0 bridgehead atoms. The van der Waals surface area contributed by atoms with Gasteiger partial charge in [0.05, 0.1) is 26.5 Å². The minimum Gasteiger partial charge on any atom is -0.476 e. The van der Waals surface area contributed by atoms with E-state index in [0.717, 1.165) is 10.9 Å². The van der Waals surface area contributed by atoms with Crippen molar-refractivity contribution in [2.75, 3.05) is 11.9 Å². The van der Waals surface area contributed by atoms with Crippen LogP contribution in [0.25, 0.3) is 10.9 Å². The zero-order valence-corrected chi connectivity index (χ0v) is 25.2. The molecule has 0 saturated carbocycles. The minimum absolute atomic E-state index is 0.0752. The number of amides is 1. The van der Waals surface area contributed by atoms with Crippen LogP contribution in [-0.4, -0.2) is 33.3 Å². The van der Waals surface area contributed by atoms with Crippen LogP contribution >= 0.6 is 43.5 Å². The lowest BCUT2D eigenvalue weighted by Gasteiger charge is -2.14. The Morgan fingerprint density at radius 1 is 1.23 bits per heavy atom. The largest absolute Gasteiger partial charge is 0.476 e. The number of aromatic nitrogens is 2. The molecule has 206 valence electrons. The predicted octanol–water partition coefficient (Wildman–Crippen LogP) is 6.90. The molecular weight excluding hydrogens is 670 g/mol. The summed E-state index contributed by atoms with van der Waals surface area (Å²) in [6, 6.07) is 14.5. The zero-order chi connectivity index (χ0) is 29.0. The number of nitrogens with zero attached hydrogens (tertiary/aromatic N) is 4. The summed E-state index contributed by atoms with van der Waals surface area (Å²) in [6.45, 7) is 3.45. The van der Waals surface area contributed by atoms with Crippen LogP contribution in [0.3, 0.4) is 0 Å². The second-order valence-corrected chi connectivity index (χ2v) is 11.0. The highest BCUT2D eigenvalue weighted by molar-refractivity contribution is 9.10. The highest BCUT2D eigenvalue weighted by Crippen LogP contribution is 2.36. The van der Waals surface area contributed by atoms with Crippen molar-refractivity contribution in [3.05, 3.63) is 100 Å². The molecule has 1 N–H and O–H groups in total. The maximum atomic E-state index is 13.3. The summed E-state index contributed by atoms with van der Waals surface area (Å²) in [7, 11) is 0. The van der Waals surface area contributed by atoms with Gasteiger partial charge < -0.3 is 10.1 Å². The van der Waals surface area contributed by atoms with Crippen LogP contribution < -0.4 is 15.6 Å². The number of nitro benzene ring substituents is 1. The molecule has 0 aliphatic carbocycles. The van der Waals surface area contributed by atoms with Gasteiger partial charge in [-0.05, 0) is 70.9 Å². The van der Waals surface area contributed by atoms with Crippen LogP contribution in [0.15, 0.2) is 73.4 Å². The Balaban J connectivity index is 1.64. The summed E-state index contributed by atoms with van der Waals surface area (Å²) in [5.74, 6) is -0.239. The quantitative estimate of drug-likeness (QED) is 0.116. The summed E-state index contributed by atoms with van der Waals surface area (Å²) < 4.78 is 7.68. The van der Waals surface area contributed by atoms with Gasteiger partial charge in [0, 0.05) is 32.7 Å². The van der Waals surface area contributed by atoms with Gasteiger partial charge in [0.15, 0.2) is 6.61 Å². The Morgan fingerprint density at radius 2 is 1.95 bits per heavy atom. The van der Waals surface area contributed by atoms with Gasteiger partial charge in [0.2, 0.25) is 5.75 Å². The van der Waals surface area contributed by atoms with Crippen LogP contribution in [-0.2, 0) is 4.79 Å². The van der Waals surface area contributed by atoms with Crippen molar-refractivity contribution in [3.8, 4) is 5.75 Å². The van der Waals surface area contributed by atoms with E-state index in [1.54, 1.807) is 42.5 Å². The fraction of sp³-hybridized carbons (Fsp3) is 0.185. The van der Waals surface area contributed by atoms with Gasteiger partial charge in [-0.15, -0.1) is 0 Å². The van der Waals surface area contributed by atoms with Gasteiger partial charge >= 0.3 is 5.69 Å². The summed E-state index contributed by atoms with van der Waals surface area (Å²) in [5, 5.41) is 19.8. The molecule has 1 aromatic heterocycles. The third kappa shape index (κ3) is 6.75. The van der Waals surface area contributed by atoms with E-state index in [-0.39, 0.29) is 27.4 Å². The van der Waals surface area contributed by atoms with Gasteiger partial charge in [0.1, 0.15) is 5.82 Å². The normalized spacial score (nSPS) is 12.0. The number of fused-ring (bicyclic) bond motifs is 1. The fourth-order valence-corrected chi connectivity index (χ4v) is 4.79. The number of nitro groups is 1. The van der Waals surface area contributed by atoms with E-state index in [2.05, 4.69) is 47.3 Å². The maximum Gasteiger partial charge on any atom is 0.312 e. The summed E-state index contributed by atoms with van der Waals surface area (Å²) in [6.07, 6.45) is 2.06. The lowest BCUT2D eigenvalue weighted by atomic mass is 10.1. The van der Waals surface area contributed by atoms with Crippen molar-refractivity contribution >= 4 is 77.9 Å². The van der Waals surface area contributed by atoms with Crippen molar-refractivity contribution < 1.29 is 14.5 Å². The van der Waals surface area contributed by atoms with E-state index in [9.17, 15) is 19.7 Å². The summed E-state index contributed by atoms with van der Waals surface area (Å²) in [5.41, 5.74) is 0.631. The number of rotatable bonds is 9. The monoisotopic (exact) mass is 689 g/mol. The molecule has 4 rings (SSSR count). The molecule has 13 heteroatoms. The van der Waals surface area contributed by atoms with Gasteiger partial charge in [-0.2, -0.15) is 9.78 Å². The molecule has 1 heterocycles. The highest BCUT2D eigenvalue weighted by atomic mass is 79.9. The third-order valence-corrected chi connectivity index (χ3v) is 7.26. The molecule has 0 saturated heterocycles. The van der Waals surface area contributed by atoms with Gasteiger partial charge in [-0.25, -0.2) is 4.98 Å². The molecule has 0 spiro atoms. The van der Waals surface area contributed by atoms with Gasteiger partial charge in [-0.1, -0.05) is 41.4 Å². The number of hydrogen-bond acceptors (Lipinski definition) is 7. The SMILES string of the molecule is CC[C@H](C)c1nc2ccc(Br)cc2c(=O)n1N=Cc1cc(Br)c(OCC(=O)Nc2ccc(Cl)cc2)c([N+](=O)[O-])c1. The molecule has 4 aromatic rings. The topological polar surface area (TPSA) is 129 Å². The van der Waals surface area contributed by atoms with Crippen LogP contribution in [0.4, 0.5) is 11.4 Å². The van der Waals surface area contributed by atoms with Crippen LogP contribution in [0.2, 0.25) is 5.02 Å². The first kappa shape index (κ1) is 29.4. The first-order valence-electron chi connectivity index (χ1n) is 12.0. The number of halogens is 3. The van der Waals surface area contributed by atoms with Crippen molar-refractivity contribution in [3.63, 3.8) is 0 Å². The standard InChI is InChI=1S/C27H22Br2ClN5O5/c1-3-15(2)26-33-22-9-4-17(28)12-20(22)27(37)34(26)31-13-16-10-21(29)25(23(11-16)35(38)39)40-14-24(36)32-19-7-5-18(30)6-8-19/h4-13,15H,3,14H2,1-2H3,(H,32,36)/t15-/m0/s1. The molecule has 3 aromatic carbocycles. The Hall–Kier alpha value is -3.61. The number of benzene rings is 3. The zero-order valence-electron chi connectivity index (χ0n) is 21.2. The molecule has 0 fully saturated rings. The molecule has 1 amide bonds. The van der Waals surface area contributed by atoms with E-state index >= 15 is 0 Å². The van der Waals surface area contributed by atoms with Crippen molar-refractivity contribution in [2.24, 2.45) is 5.10 Å². The maximum absolute atomic E-state index is 13.3. The third-order valence-electron chi connectivity index (χ3n) is 5.93. The van der Waals surface area contributed by atoms with E-state index in [0.29, 0.717) is 33.0 Å².